The highest BCUT2D eigenvalue weighted by atomic mass is 35.5. The van der Waals surface area contributed by atoms with Crippen molar-refractivity contribution in [3.63, 3.8) is 0 Å². The summed E-state index contributed by atoms with van der Waals surface area (Å²) in [6.45, 7) is 0. The molecule has 4 heteroatoms. The van der Waals surface area contributed by atoms with Gasteiger partial charge in [0.2, 0.25) is 0 Å². The lowest BCUT2D eigenvalue weighted by Gasteiger charge is -2.10. The van der Waals surface area contributed by atoms with E-state index in [1.165, 1.54) is 48.5 Å². The maximum absolute atomic E-state index is 6.47. The Hall–Kier alpha value is -3.82. The molecule has 0 amide bonds. The Balaban J connectivity index is 0.000000473. The summed E-state index contributed by atoms with van der Waals surface area (Å²) in [6.07, 6.45) is 0. The summed E-state index contributed by atoms with van der Waals surface area (Å²) >= 11 is 6.47. The number of nitrogens with two attached hydrogens (primary N) is 2. The highest BCUT2D eigenvalue weighted by Gasteiger charge is 2.07. The summed E-state index contributed by atoms with van der Waals surface area (Å²) in [5.41, 5.74) is 8.94. The minimum absolute atomic E-state index is 0.333. The van der Waals surface area contributed by atoms with Crippen molar-refractivity contribution in [2.75, 3.05) is 0 Å². The van der Waals surface area contributed by atoms with Gasteiger partial charge in [0.15, 0.2) is 5.96 Å². The van der Waals surface area contributed by atoms with E-state index in [0.717, 1.165) is 10.4 Å². The molecule has 0 unspecified atom stereocenters. The first-order valence-corrected chi connectivity index (χ1v) is 10.3. The number of nitrogens with one attached hydrogen (secondary N) is 1. The van der Waals surface area contributed by atoms with E-state index in [1.807, 2.05) is 12.1 Å². The van der Waals surface area contributed by atoms with E-state index in [1.54, 1.807) is 0 Å². The lowest BCUT2D eigenvalue weighted by atomic mass is 9.95. The minimum Gasteiger partial charge on any atom is -0.370 e. The fourth-order valence-electron chi connectivity index (χ4n) is 4.24. The quantitative estimate of drug-likeness (QED) is 0.107. The number of halogens is 1. The van der Waals surface area contributed by atoms with Crippen LogP contribution in [0.5, 0.6) is 0 Å². The van der Waals surface area contributed by atoms with Crippen molar-refractivity contribution in [3.05, 3.63) is 96.0 Å². The summed E-state index contributed by atoms with van der Waals surface area (Å²) in [6, 6.07) is 32.7. The molecule has 0 aliphatic rings. The van der Waals surface area contributed by atoms with Crippen LogP contribution in [0, 0.1) is 5.41 Å². The van der Waals surface area contributed by atoms with Crippen molar-refractivity contribution in [2.45, 2.75) is 0 Å². The van der Waals surface area contributed by atoms with Gasteiger partial charge in [0.05, 0.1) is 0 Å². The summed E-state index contributed by atoms with van der Waals surface area (Å²) in [4.78, 5) is 0. The van der Waals surface area contributed by atoms with E-state index in [0.29, 0.717) is 0 Å². The van der Waals surface area contributed by atoms with Crippen molar-refractivity contribution in [1.82, 2.24) is 0 Å². The maximum atomic E-state index is 6.47. The molecule has 0 bridgehead atoms. The topological polar surface area (TPSA) is 75.9 Å². The van der Waals surface area contributed by atoms with Crippen LogP contribution >= 0.6 is 11.6 Å². The van der Waals surface area contributed by atoms with Gasteiger partial charge in [-0.25, -0.2) is 0 Å². The molecule has 0 spiro atoms. The average Bonchev–Trinajstić information content (AvgIpc) is 2.75. The summed E-state index contributed by atoms with van der Waals surface area (Å²) < 4.78 is 0. The van der Waals surface area contributed by atoms with Crippen LogP contribution in [0.4, 0.5) is 0 Å². The van der Waals surface area contributed by atoms with E-state index >= 15 is 0 Å². The van der Waals surface area contributed by atoms with E-state index < -0.39 is 0 Å². The predicted molar refractivity (Wildman–Crippen MR) is 135 cm³/mol. The van der Waals surface area contributed by atoms with Crippen molar-refractivity contribution >= 4 is 71.4 Å². The number of rotatable bonds is 0. The highest BCUT2D eigenvalue weighted by molar-refractivity contribution is 6.36. The average molecular weight is 422 g/mol. The molecule has 5 N–H and O–H groups in total. The van der Waals surface area contributed by atoms with Gasteiger partial charge in [-0.1, -0.05) is 60.1 Å². The number of hydrogen-bond acceptors (Lipinski definition) is 1. The van der Waals surface area contributed by atoms with Gasteiger partial charge in [-0.3, -0.25) is 5.41 Å². The van der Waals surface area contributed by atoms with Gasteiger partial charge in [0.25, 0.3) is 0 Å². The molecule has 0 aromatic heterocycles. The molecule has 150 valence electrons. The number of guanidine groups is 1. The first-order valence-electron chi connectivity index (χ1n) is 9.96. The van der Waals surface area contributed by atoms with Crippen LogP contribution in [0.15, 0.2) is 91.0 Å². The van der Waals surface area contributed by atoms with E-state index in [2.05, 4.69) is 90.3 Å². The Morgan fingerprint density at radius 1 is 0.516 bits per heavy atom. The lowest BCUT2D eigenvalue weighted by Crippen LogP contribution is -2.20. The second kappa shape index (κ2) is 7.46. The molecular weight excluding hydrogens is 402 g/mol. The van der Waals surface area contributed by atoms with E-state index in [-0.39, 0.29) is 5.96 Å². The van der Waals surface area contributed by atoms with Gasteiger partial charge < -0.3 is 11.5 Å². The Morgan fingerprint density at radius 3 is 1.61 bits per heavy atom. The SMILES string of the molecule is Clc1cccc2cc3ccc4cc5cc6ccccc6cc5cc4c3cc12.N=C(N)N. The molecule has 31 heavy (non-hydrogen) atoms. The first-order chi connectivity index (χ1) is 15.0. The molecule has 0 radical (unpaired) electrons. The molecule has 0 aliphatic heterocycles. The van der Waals surface area contributed by atoms with Crippen molar-refractivity contribution in [2.24, 2.45) is 11.5 Å². The zero-order valence-corrected chi connectivity index (χ0v) is 17.4. The summed E-state index contributed by atoms with van der Waals surface area (Å²) in [7, 11) is 0. The Bertz CT molecular complexity index is 1630. The molecule has 3 nitrogen and oxygen atoms in total. The van der Waals surface area contributed by atoms with E-state index in [4.69, 9.17) is 17.0 Å². The summed E-state index contributed by atoms with van der Waals surface area (Å²) in [5, 5.41) is 19.3. The number of benzene rings is 6. The van der Waals surface area contributed by atoms with Crippen LogP contribution in [0.1, 0.15) is 0 Å². The Kier molecular flexibility index (Phi) is 4.61. The molecule has 6 aromatic rings. The normalized spacial score (nSPS) is 11.1. The molecule has 6 rings (SSSR count). The molecular formula is C27H20ClN3. The van der Waals surface area contributed by atoms with Crippen LogP contribution in [-0.4, -0.2) is 5.96 Å². The van der Waals surface area contributed by atoms with Gasteiger partial charge in [0, 0.05) is 10.4 Å². The minimum atomic E-state index is -0.333. The standard InChI is InChI=1S/C26H15Cl.CH5N3/c27-26-7-3-6-18-12-19-8-9-20-13-21-10-16-4-1-2-5-17(16)11-22(21)14-23(20)24(19)15-25(18)26;2-1(3)4/h1-15H;(H5,2,3,4). The maximum Gasteiger partial charge on any atom is 0.183 e. The predicted octanol–water partition coefficient (Wildman–Crippen LogP) is 6.94. The fourth-order valence-corrected chi connectivity index (χ4v) is 4.47. The molecule has 0 saturated carbocycles. The Labute approximate surface area is 184 Å². The summed E-state index contributed by atoms with van der Waals surface area (Å²) in [5.74, 6) is -0.333. The van der Waals surface area contributed by atoms with Gasteiger partial charge in [-0.2, -0.15) is 0 Å². The molecule has 0 aliphatic carbocycles. The van der Waals surface area contributed by atoms with Crippen molar-refractivity contribution in [3.8, 4) is 0 Å². The lowest BCUT2D eigenvalue weighted by molar-refractivity contribution is 1.39. The largest absolute Gasteiger partial charge is 0.370 e. The van der Waals surface area contributed by atoms with Crippen LogP contribution < -0.4 is 11.5 Å². The van der Waals surface area contributed by atoms with Crippen LogP contribution in [0.3, 0.4) is 0 Å². The van der Waals surface area contributed by atoms with Crippen LogP contribution in [-0.2, 0) is 0 Å². The fraction of sp³-hybridized carbons (Fsp3) is 0. The number of hydrogen-bond donors (Lipinski definition) is 3. The monoisotopic (exact) mass is 421 g/mol. The molecule has 0 heterocycles. The molecule has 6 aromatic carbocycles. The second-order valence-electron chi connectivity index (χ2n) is 7.68. The van der Waals surface area contributed by atoms with Crippen molar-refractivity contribution < 1.29 is 0 Å². The third-order valence-electron chi connectivity index (χ3n) is 5.60. The van der Waals surface area contributed by atoms with Crippen molar-refractivity contribution in [1.29, 1.82) is 5.41 Å². The zero-order chi connectivity index (χ0) is 21.5. The van der Waals surface area contributed by atoms with Crippen LogP contribution in [0.2, 0.25) is 5.02 Å². The molecule has 0 atom stereocenters. The van der Waals surface area contributed by atoms with Gasteiger partial charge in [-0.15, -0.1) is 0 Å². The van der Waals surface area contributed by atoms with E-state index in [9.17, 15) is 0 Å². The zero-order valence-electron chi connectivity index (χ0n) is 16.7. The smallest absolute Gasteiger partial charge is 0.183 e. The Morgan fingerprint density at radius 2 is 0.968 bits per heavy atom. The first kappa shape index (κ1) is 19.2. The molecule has 0 fully saturated rings. The van der Waals surface area contributed by atoms with Gasteiger partial charge in [0.1, 0.15) is 0 Å². The molecule has 0 saturated heterocycles. The van der Waals surface area contributed by atoms with Crippen LogP contribution in [0.25, 0.3) is 53.9 Å². The third kappa shape index (κ3) is 3.49. The van der Waals surface area contributed by atoms with Gasteiger partial charge in [-0.05, 0) is 90.9 Å². The third-order valence-corrected chi connectivity index (χ3v) is 5.93. The number of fused-ring (bicyclic) bond motifs is 6. The van der Waals surface area contributed by atoms with Gasteiger partial charge >= 0.3 is 0 Å². The second-order valence-corrected chi connectivity index (χ2v) is 8.08. The highest BCUT2D eigenvalue weighted by Crippen LogP contribution is 2.35.